The van der Waals surface area contributed by atoms with Crippen LogP contribution in [0.1, 0.15) is 5.56 Å². The number of rotatable bonds is 3. The number of hydrogen-bond donors (Lipinski definition) is 0. The Bertz CT molecular complexity index is 323. The first-order valence-corrected chi connectivity index (χ1v) is 4.67. The van der Waals surface area contributed by atoms with E-state index in [9.17, 15) is 0 Å². The Morgan fingerprint density at radius 2 is 1.67 bits per heavy atom. The van der Waals surface area contributed by atoms with Crippen LogP contribution in [0.4, 0.5) is 0 Å². The largest absolute Gasteiger partial charge is 1.00 e. The minimum atomic E-state index is 0. The maximum absolute atomic E-state index is 4.30. The summed E-state index contributed by atoms with van der Waals surface area (Å²) >= 11 is 0. The molecule has 0 fully saturated rings. The van der Waals surface area contributed by atoms with Gasteiger partial charge < -0.3 is 24.0 Å². The van der Waals surface area contributed by atoms with Gasteiger partial charge in [-0.25, -0.2) is 4.59 Å². The maximum Gasteiger partial charge on any atom is 0.0923 e. The van der Waals surface area contributed by atoms with Crippen LogP contribution in [-0.4, -0.2) is 31.9 Å². The highest BCUT2D eigenvalue weighted by molar-refractivity contribution is 5.77. The highest BCUT2D eigenvalue weighted by Crippen LogP contribution is 2.00. The quantitative estimate of drug-likeness (QED) is 0.306. The molecule has 0 aromatic heterocycles. The van der Waals surface area contributed by atoms with Crippen molar-refractivity contribution in [2.75, 3.05) is 21.1 Å². The van der Waals surface area contributed by atoms with Crippen molar-refractivity contribution in [3.63, 3.8) is 0 Å². The summed E-state index contributed by atoms with van der Waals surface area (Å²) in [5, 5.41) is 4.30. The molecule has 15 heavy (non-hydrogen) atoms. The first-order chi connectivity index (χ1) is 6.58. The smallest absolute Gasteiger partial charge is 0.0923 e. The highest BCUT2D eigenvalue weighted by Gasteiger charge is 1.98. The molecule has 0 aliphatic heterocycles. The molecule has 0 bridgehead atoms. The van der Waals surface area contributed by atoms with Gasteiger partial charge in [-0.3, -0.25) is 0 Å². The Balaban J connectivity index is 0.00000196. The molecule has 0 amide bonds. The molecule has 0 atom stereocenters. The number of benzene rings is 1. The molecular weight excluding hydrogens is 299 g/mol. The van der Waals surface area contributed by atoms with E-state index < -0.39 is 0 Å². The average molecular weight is 316 g/mol. The topological polar surface area (TPSA) is 12.4 Å². The molecule has 0 radical (unpaired) electrons. The average Bonchev–Trinajstić information content (AvgIpc) is 2.13. The Morgan fingerprint density at radius 1 is 1.07 bits per heavy atom. The number of allylic oxidation sites excluding steroid dienone is 1. The molecule has 3 heteroatoms. The lowest BCUT2D eigenvalue weighted by molar-refractivity contribution is -0.876. The second-order valence-electron chi connectivity index (χ2n) is 3.98. The van der Waals surface area contributed by atoms with Crippen LogP contribution >= 0.6 is 0 Å². The highest BCUT2D eigenvalue weighted by atomic mass is 127. The summed E-state index contributed by atoms with van der Waals surface area (Å²) in [6, 6.07) is 10.2. The molecule has 0 spiro atoms. The van der Waals surface area contributed by atoms with Crippen molar-refractivity contribution in [3.05, 3.63) is 42.0 Å². The minimum Gasteiger partial charge on any atom is -1.00 e. The standard InChI is InChI=1S/C12H17N2.HI/c1-14(2,3)13-11-7-10-12-8-5-4-6-9-12;/h4-11H,1-3H3;1H/q+1;/p-1. The van der Waals surface area contributed by atoms with Crippen LogP contribution in [0.25, 0.3) is 6.08 Å². The number of nitrogens with zero attached hydrogens (tertiary/aromatic N) is 2. The third-order valence-electron chi connectivity index (χ3n) is 1.59. The van der Waals surface area contributed by atoms with Crippen LogP contribution in [0.5, 0.6) is 0 Å². The van der Waals surface area contributed by atoms with Gasteiger partial charge in [-0.05, 0) is 11.6 Å². The fourth-order valence-corrected chi connectivity index (χ4v) is 0.957. The zero-order valence-electron chi connectivity index (χ0n) is 9.39. The zero-order chi connectivity index (χ0) is 10.4. The molecule has 0 aliphatic carbocycles. The molecule has 1 aromatic carbocycles. The summed E-state index contributed by atoms with van der Waals surface area (Å²) in [7, 11) is 6.06. The molecule has 0 heterocycles. The Labute approximate surface area is 109 Å². The van der Waals surface area contributed by atoms with Gasteiger partial charge in [0.1, 0.15) is 0 Å². The van der Waals surface area contributed by atoms with Gasteiger partial charge in [0.15, 0.2) is 0 Å². The van der Waals surface area contributed by atoms with Gasteiger partial charge in [-0.1, -0.05) is 41.5 Å². The van der Waals surface area contributed by atoms with Crippen molar-refractivity contribution in [1.82, 2.24) is 0 Å². The summed E-state index contributed by atoms with van der Waals surface area (Å²) in [6.45, 7) is 0. The Morgan fingerprint density at radius 3 is 2.20 bits per heavy atom. The van der Waals surface area contributed by atoms with Gasteiger partial charge in [0.05, 0.1) is 27.4 Å². The van der Waals surface area contributed by atoms with E-state index in [-0.39, 0.29) is 24.0 Å². The van der Waals surface area contributed by atoms with Crippen LogP contribution in [0.2, 0.25) is 0 Å². The van der Waals surface area contributed by atoms with Crippen molar-refractivity contribution < 1.29 is 28.6 Å². The van der Waals surface area contributed by atoms with E-state index in [2.05, 4.69) is 17.2 Å². The van der Waals surface area contributed by atoms with Crippen molar-refractivity contribution in [2.45, 2.75) is 0 Å². The lowest BCUT2D eigenvalue weighted by Gasteiger charge is -2.13. The molecule has 2 nitrogen and oxygen atoms in total. The second kappa shape index (κ2) is 6.74. The monoisotopic (exact) mass is 316 g/mol. The lowest BCUT2D eigenvalue weighted by Crippen LogP contribution is -3.00. The van der Waals surface area contributed by atoms with Crippen molar-refractivity contribution in [3.8, 4) is 0 Å². The minimum absolute atomic E-state index is 0. The number of hydrogen-bond acceptors (Lipinski definition) is 1. The third-order valence-corrected chi connectivity index (χ3v) is 1.59. The van der Waals surface area contributed by atoms with E-state index in [4.69, 9.17) is 0 Å². The molecule has 1 rings (SSSR count). The predicted molar refractivity (Wildman–Crippen MR) is 62.0 cm³/mol. The summed E-state index contributed by atoms with van der Waals surface area (Å²) in [4.78, 5) is 0. The van der Waals surface area contributed by atoms with Crippen molar-refractivity contribution in [1.29, 1.82) is 0 Å². The Kier molecular flexibility index (Phi) is 6.43. The number of halogens is 1. The first kappa shape index (κ1) is 14.3. The van der Waals surface area contributed by atoms with E-state index in [1.165, 1.54) is 5.56 Å². The molecular formula is C12H17IN2. The van der Waals surface area contributed by atoms with E-state index in [1.54, 1.807) is 0 Å². The van der Waals surface area contributed by atoms with Gasteiger partial charge in [-0.15, -0.1) is 0 Å². The van der Waals surface area contributed by atoms with Gasteiger partial charge in [0.25, 0.3) is 0 Å². The summed E-state index contributed by atoms with van der Waals surface area (Å²) < 4.78 is 0.596. The van der Waals surface area contributed by atoms with Crippen LogP contribution in [-0.2, 0) is 0 Å². The van der Waals surface area contributed by atoms with Gasteiger partial charge in [0.2, 0.25) is 0 Å². The fourth-order valence-electron chi connectivity index (χ4n) is 0.957. The predicted octanol–water partition coefficient (Wildman–Crippen LogP) is -0.604. The van der Waals surface area contributed by atoms with E-state index in [0.717, 1.165) is 0 Å². The van der Waals surface area contributed by atoms with Gasteiger partial charge in [-0.2, -0.15) is 0 Å². The van der Waals surface area contributed by atoms with Crippen LogP contribution in [0.15, 0.2) is 41.5 Å². The lowest BCUT2D eigenvalue weighted by atomic mass is 10.2. The van der Waals surface area contributed by atoms with E-state index in [1.807, 2.05) is 57.7 Å². The van der Waals surface area contributed by atoms with Crippen LogP contribution < -0.4 is 24.0 Å². The molecule has 0 aliphatic rings. The second-order valence-corrected chi connectivity index (χ2v) is 3.98. The molecule has 1 aromatic rings. The summed E-state index contributed by atoms with van der Waals surface area (Å²) in [6.07, 6.45) is 5.82. The fraction of sp³-hybridized carbons (Fsp3) is 0.250. The van der Waals surface area contributed by atoms with E-state index >= 15 is 0 Å². The summed E-state index contributed by atoms with van der Waals surface area (Å²) in [5.74, 6) is 0. The SMILES string of the molecule is C[N+](C)(C)N=CC=Cc1ccccc1.[I-]. The van der Waals surface area contributed by atoms with Gasteiger partial charge in [0, 0.05) is 0 Å². The molecule has 0 unspecified atom stereocenters. The molecule has 0 saturated carbocycles. The Hall–Kier alpha value is -0.680. The first-order valence-electron chi connectivity index (χ1n) is 4.67. The van der Waals surface area contributed by atoms with Gasteiger partial charge >= 0.3 is 0 Å². The molecule has 0 saturated heterocycles. The van der Waals surface area contributed by atoms with E-state index in [0.29, 0.717) is 4.59 Å². The molecule has 0 N–H and O–H groups in total. The summed E-state index contributed by atoms with van der Waals surface area (Å²) in [5.41, 5.74) is 1.19. The zero-order valence-corrected chi connectivity index (χ0v) is 11.5. The maximum atomic E-state index is 4.30. The van der Waals surface area contributed by atoms with Crippen LogP contribution in [0, 0.1) is 0 Å². The van der Waals surface area contributed by atoms with Crippen LogP contribution in [0.3, 0.4) is 0 Å². The van der Waals surface area contributed by atoms with Crippen molar-refractivity contribution >= 4 is 12.3 Å². The normalized spacial score (nSPS) is 11.9. The third kappa shape index (κ3) is 7.27. The molecule has 82 valence electrons. The van der Waals surface area contributed by atoms with Crippen molar-refractivity contribution in [2.24, 2.45) is 5.10 Å². The number of quaternary nitrogens is 1.